The number of hydrogen-bond acceptors (Lipinski definition) is 6. The fourth-order valence-electron chi connectivity index (χ4n) is 3.64. The molecule has 0 N–H and O–H groups in total. The van der Waals surface area contributed by atoms with Gasteiger partial charge in [0, 0.05) is 38.3 Å². The van der Waals surface area contributed by atoms with Crippen LogP contribution >= 0.6 is 12.2 Å². The summed E-state index contributed by atoms with van der Waals surface area (Å²) in [5, 5.41) is 8.48. The van der Waals surface area contributed by atoms with Crippen LogP contribution < -0.4 is 4.74 Å². The summed E-state index contributed by atoms with van der Waals surface area (Å²) in [5.41, 5.74) is 3.44. The van der Waals surface area contributed by atoms with E-state index in [9.17, 15) is 0 Å². The fraction of sp³-hybridized carbons (Fsp3) is 0.381. The Hall–Kier alpha value is -2.55. The molecule has 0 bridgehead atoms. The lowest BCUT2D eigenvalue weighted by Gasteiger charge is -2.34. The average Bonchev–Trinajstić information content (AvgIpc) is 3.10. The maximum absolute atomic E-state index is 5.58. The van der Waals surface area contributed by atoms with Crippen LogP contribution in [0.2, 0.25) is 0 Å². The van der Waals surface area contributed by atoms with Crippen molar-refractivity contribution in [1.29, 1.82) is 0 Å². The summed E-state index contributed by atoms with van der Waals surface area (Å²) in [6.07, 6.45) is 0. The van der Waals surface area contributed by atoms with Crippen molar-refractivity contribution in [1.82, 2.24) is 29.6 Å². The minimum absolute atomic E-state index is 0.614. The van der Waals surface area contributed by atoms with Gasteiger partial charge >= 0.3 is 0 Å². The second kappa shape index (κ2) is 8.86. The Balaban J connectivity index is 1.36. The van der Waals surface area contributed by atoms with E-state index in [2.05, 4.69) is 45.3 Å². The third-order valence-electron chi connectivity index (χ3n) is 5.27. The molecule has 4 rings (SSSR count). The van der Waals surface area contributed by atoms with Crippen molar-refractivity contribution in [2.24, 2.45) is 0 Å². The molecular formula is C21H26N6OS. The number of aromatic nitrogens is 4. The molecule has 29 heavy (non-hydrogen) atoms. The van der Waals surface area contributed by atoms with Crippen molar-refractivity contribution >= 4 is 12.2 Å². The van der Waals surface area contributed by atoms with Gasteiger partial charge in [-0.05, 0) is 47.8 Å². The van der Waals surface area contributed by atoms with Gasteiger partial charge in [-0.15, -0.1) is 0 Å². The quantitative estimate of drug-likeness (QED) is 0.583. The molecular weight excluding hydrogens is 384 g/mol. The first kappa shape index (κ1) is 19.8. The molecule has 1 aliphatic rings. The number of nitrogens with zero attached hydrogens (tertiary/aromatic N) is 6. The molecule has 0 aliphatic carbocycles. The smallest absolute Gasteiger partial charge is 0.221 e. The predicted octanol–water partition coefficient (Wildman–Crippen LogP) is 2.89. The van der Waals surface area contributed by atoms with Crippen LogP contribution in [0, 0.1) is 11.7 Å². The number of rotatable bonds is 6. The lowest BCUT2D eigenvalue weighted by molar-refractivity contribution is 0.0970. The van der Waals surface area contributed by atoms with E-state index in [0.29, 0.717) is 11.4 Å². The zero-order chi connectivity index (χ0) is 20.2. The Morgan fingerprint density at radius 2 is 1.69 bits per heavy atom. The molecule has 8 heteroatoms. The first-order valence-corrected chi connectivity index (χ1v) is 10.2. The van der Waals surface area contributed by atoms with Gasteiger partial charge in [-0.25, -0.2) is 4.68 Å². The molecule has 0 atom stereocenters. The Kier molecular flexibility index (Phi) is 6.03. The van der Waals surface area contributed by atoms with Crippen LogP contribution in [0.15, 0.2) is 48.5 Å². The molecule has 7 nitrogen and oxygen atoms in total. The topological polar surface area (TPSA) is 51.4 Å². The second-order valence-corrected chi connectivity index (χ2v) is 7.72. The Labute approximate surface area is 176 Å². The van der Waals surface area contributed by atoms with Crippen LogP contribution in [0.5, 0.6) is 5.75 Å². The Bertz CT molecular complexity index is 1010. The molecule has 0 saturated carbocycles. The Morgan fingerprint density at radius 3 is 2.41 bits per heavy atom. The summed E-state index contributed by atoms with van der Waals surface area (Å²) in [5.74, 6) is 0.960. The number of ether oxygens (including phenoxy) is 1. The first-order chi connectivity index (χ1) is 14.1. The van der Waals surface area contributed by atoms with E-state index >= 15 is 0 Å². The van der Waals surface area contributed by atoms with Gasteiger partial charge in [0.15, 0.2) is 0 Å². The highest BCUT2D eigenvalue weighted by atomic mass is 32.1. The van der Waals surface area contributed by atoms with E-state index in [0.717, 1.165) is 44.2 Å². The molecule has 1 saturated heterocycles. The lowest BCUT2D eigenvalue weighted by Crippen LogP contribution is -2.46. The fourth-order valence-corrected chi connectivity index (χ4v) is 3.88. The van der Waals surface area contributed by atoms with Gasteiger partial charge in [-0.1, -0.05) is 35.9 Å². The van der Waals surface area contributed by atoms with E-state index in [1.54, 1.807) is 16.5 Å². The minimum atomic E-state index is 0.614. The van der Waals surface area contributed by atoms with Crippen LogP contribution in [0.4, 0.5) is 0 Å². The van der Waals surface area contributed by atoms with E-state index in [4.69, 9.17) is 17.0 Å². The number of methoxy groups -OCH3 is 1. The lowest BCUT2D eigenvalue weighted by atomic mass is 10.1. The molecule has 0 amide bonds. The molecule has 2 aromatic carbocycles. The van der Waals surface area contributed by atoms with E-state index in [-0.39, 0.29) is 0 Å². The van der Waals surface area contributed by atoms with Crippen molar-refractivity contribution in [3.05, 3.63) is 64.4 Å². The number of benzene rings is 2. The van der Waals surface area contributed by atoms with Gasteiger partial charge in [-0.3, -0.25) is 9.80 Å². The molecule has 3 aromatic rings. The van der Waals surface area contributed by atoms with Crippen molar-refractivity contribution < 1.29 is 4.74 Å². The highest BCUT2D eigenvalue weighted by Gasteiger charge is 2.19. The van der Waals surface area contributed by atoms with Crippen LogP contribution in [-0.2, 0) is 13.2 Å². The highest BCUT2D eigenvalue weighted by molar-refractivity contribution is 7.71. The molecule has 2 heterocycles. The molecule has 1 aromatic heterocycles. The number of hydrogen-bond donors (Lipinski definition) is 0. The number of aryl methyl sites for hydroxylation is 1. The summed E-state index contributed by atoms with van der Waals surface area (Å²) < 4.78 is 9.64. The second-order valence-electron chi connectivity index (χ2n) is 7.36. The third kappa shape index (κ3) is 4.55. The normalized spacial score (nSPS) is 15.5. The van der Waals surface area contributed by atoms with Crippen molar-refractivity contribution in [3.63, 3.8) is 0 Å². The maximum atomic E-state index is 5.58. The van der Waals surface area contributed by atoms with E-state index in [1.807, 2.05) is 30.3 Å². The van der Waals surface area contributed by atoms with Crippen molar-refractivity contribution in [3.8, 4) is 11.4 Å². The SMILES string of the molecule is COc1ccc(C)cc1CN1CCN(Cn2nnn(-c3ccccc3)c2=S)CC1. The summed E-state index contributed by atoms with van der Waals surface area (Å²) in [6, 6.07) is 16.2. The van der Waals surface area contributed by atoms with Gasteiger partial charge in [0.2, 0.25) is 4.77 Å². The summed E-state index contributed by atoms with van der Waals surface area (Å²) in [7, 11) is 1.73. The molecule has 152 valence electrons. The number of piperazine rings is 1. The van der Waals surface area contributed by atoms with Crippen LogP contribution in [0.1, 0.15) is 11.1 Å². The molecule has 0 spiro atoms. The van der Waals surface area contributed by atoms with Crippen LogP contribution in [0.25, 0.3) is 5.69 Å². The summed E-state index contributed by atoms with van der Waals surface area (Å²) >= 11 is 5.58. The molecule has 0 radical (unpaired) electrons. The van der Waals surface area contributed by atoms with E-state index < -0.39 is 0 Å². The zero-order valence-electron chi connectivity index (χ0n) is 16.9. The number of tetrazole rings is 1. The largest absolute Gasteiger partial charge is 0.496 e. The van der Waals surface area contributed by atoms with Gasteiger partial charge in [0.25, 0.3) is 0 Å². The predicted molar refractivity (Wildman–Crippen MR) is 115 cm³/mol. The zero-order valence-corrected chi connectivity index (χ0v) is 17.7. The third-order valence-corrected chi connectivity index (χ3v) is 5.65. The minimum Gasteiger partial charge on any atom is -0.496 e. The summed E-state index contributed by atoms with van der Waals surface area (Å²) in [6.45, 7) is 7.61. The van der Waals surface area contributed by atoms with E-state index in [1.165, 1.54) is 11.1 Å². The molecule has 1 fully saturated rings. The summed E-state index contributed by atoms with van der Waals surface area (Å²) in [4.78, 5) is 4.83. The monoisotopic (exact) mass is 410 g/mol. The standard InChI is InChI=1S/C21H26N6OS/c1-17-8-9-20(28-2)18(14-17)15-24-10-12-25(13-11-24)16-26-21(29)27(23-22-26)19-6-4-3-5-7-19/h3-9,14H,10-13,15-16H2,1-2H3. The highest BCUT2D eigenvalue weighted by Crippen LogP contribution is 2.22. The maximum Gasteiger partial charge on any atom is 0.221 e. The van der Waals surface area contributed by atoms with Crippen LogP contribution in [-0.4, -0.2) is 62.9 Å². The number of para-hydroxylation sites is 1. The van der Waals surface area contributed by atoms with Crippen molar-refractivity contribution in [2.45, 2.75) is 20.1 Å². The molecule has 1 aliphatic heterocycles. The van der Waals surface area contributed by atoms with Gasteiger partial charge in [0.1, 0.15) is 5.75 Å². The Morgan fingerprint density at radius 1 is 0.966 bits per heavy atom. The van der Waals surface area contributed by atoms with Crippen LogP contribution in [0.3, 0.4) is 0 Å². The average molecular weight is 411 g/mol. The van der Waals surface area contributed by atoms with Gasteiger partial charge < -0.3 is 4.74 Å². The molecule has 0 unspecified atom stereocenters. The van der Waals surface area contributed by atoms with Gasteiger partial charge in [0.05, 0.1) is 19.5 Å². The van der Waals surface area contributed by atoms with Crippen molar-refractivity contribution in [2.75, 3.05) is 33.3 Å². The van der Waals surface area contributed by atoms with Gasteiger partial charge in [-0.2, -0.15) is 4.68 Å². The first-order valence-electron chi connectivity index (χ1n) is 9.80.